The highest BCUT2D eigenvalue weighted by Gasteiger charge is 2.16. The number of hydrogen-bond donors (Lipinski definition) is 1. The maximum atomic E-state index is 12.6. The summed E-state index contributed by atoms with van der Waals surface area (Å²) in [7, 11) is 3.31. The summed E-state index contributed by atoms with van der Waals surface area (Å²) in [5.74, 6) is -0.500. The molecule has 1 heterocycles. The van der Waals surface area contributed by atoms with Gasteiger partial charge in [0.15, 0.2) is 0 Å². The number of carbonyl (C=O) groups is 2. The van der Waals surface area contributed by atoms with Gasteiger partial charge in [-0.25, -0.2) is 0 Å². The molecule has 1 aromatic heterocycles. The first-order chi connectivity index (χ1) is 11.6. The van der Waals surface area contributed by atoms with Crippen LogP contribution < -0.4 is 10.2 Å². The Bertz CT molecular complexity index is 689. The van der Waals surface area contributed by atoms with Gasteiger partial charge in [-0.15, -0.1) is 0 Å². The predicted molar refractivity (Wildman–Crippen MR) is 92.2 cm³/mol. The summed E-state index contributed by atoms with van der Waals surface area (Å²) >= 11 is 0. The monoisotopic (exact) mass is 327 g/mol. The zero-order valence-electron chi connectivity index (χ0n) is 13.9. The van der Waals surface area contributed by atoms with Gasteiger partial charge in [-0.1, -0.05) is 18.2 Å². The van der Waals surface area contributed by atoms with E-state index < -0.39 is 0 Å². The van der Waals surface area contributed by atoms with E-state index in [2.05, 4.69) is 10.3 Å². The Morgan fingerprint density at radius 1 is 1.21 bits per heavy atom. The first-order valence-corrected chi connectivity index (χ1v) is 7.70. The number of ether oxygens (including phenoxy) is 1. The van der Waals surface area contributed by atoms with Crippen LogP contribution >= 0.6 is 0 Å². The Hall–Kier alpha value is -2.73. The average molecular weight is 327 g/mol. The van der Waals surface area contributed by atoms with E-state index in [-0.39, 0.29) is 17.5 Å². The molecule has 0 aliphatic carbocycles. The molecule has 0 bridgehead atoms. The quantitative estimate of drug-likeness (QED) is 0.791. The highest BCUT2D eigenvalue weighted by atomic mass is 16.5. The van der Waals surface area contributed by atoms with E-state index in [1.165, 1.54) is 17.2 Å². The number of aromatic nitrogens is 1. The third-order valence-electron chi connectivity index (χ3n) is 3.50. The minimum atomic E-state index is -0.303. The molecule has 0 unspecified atom stereocenters. The van der Waals surface area contributed by atoms with Crippen LogP contribution in [0.2, 0.25) is 0 Å². The van der Waals surface area contributed by atoms with Gasteiger partial charge >= 0.3 is 0 Å². The molecule has 0 spiro atoms. The van der Waals surface area contributed by atoms with Gasteiger partial charge in [-0.2, -0.15) is 0 Å². The van der Waals surface area contributed by atoms with Crippen LogP contribution in [0.25, 0.3) is 0 Å². The zero-order valence-corrected chi connectivity index (χ0v) is 13.9. The Morgan fingerprint density at radius 3 is 2.67 bits per heavy atom. The predicted octanol–water partition coefficient (Wildman–Crippen LogP) is 2.12. The summed E-state index contributed by atoms with van der Waals surface area (Å²) in [4.78, 5) is 30.2. The molecule has 1 aromatic carbocycles. The molecule has 0 saturated carbocycles. The van der Waals surface area contributed by atoms with Gasteiger partial charge in [0, 0.05) is 44.8 Å². The number of methoxy groups -OCH3 is 1. The van der Waals surface area contributed by atoms with E-state index in [9.17, 15) is 9.59 Å². The molecule has 24 heavy (non-hydrogen) atoms. The molecule has 2 rings (SSSR count). The molecular weight excluding hydrogens is 306 g/mol. The number of rotatable bonds is 7. The number of amides is 2. The van der Waals surface area contributed by atoms with Crippen molar-refractivity contribution in [3.05, 3.63) is 59.9 Å². The van der Waals surface area contributed by atoms with E-state index in [0.29, 0.717) is 18.7 Å². The molecule has 1 N–H and O–H groups in total. The van der Waals surface area contributed by atoms with Crippen LogP contribution in [0.3, 0.4) is 0 Å². The van der Waals surface area contributed by atoms with Crippen LogP contribution in [-0.2, 0) is 4.74 Å². The van der Waals surface area contributed by atoms with Crippen LogP contribution in [0.5, 0.6) is 0 Å². The van der Waals surface area contributed by atoms with Crippen molar-refractivity contribution in [2.45, 2.75) is 6.42 Å². The van der Waals surface area contributed by atoms with Gasteiger partial charge in [-0.05, 0) is 30.7 Å². The topological polar surface area (TPSA) is 71.5 Å². The molecule has 0 aliphatic heterocycles. The Balaban J connectivity index is 2.06. The number of hydrogen-bond acceptors (Lipinski definition) is 4. The van der Waals surface area contributed by atoms with Crippen molar-refractivity contribution < 1.29 is 14.3 Å². The maximum absolute atomic E-state index is 12.6. The lowest BCUT2D eigenvalue weighted by atomic mass is 10.2. The summed E-state index contributed by atoms with van der Waals surface area (Å²) in [5.41, 5.74) is 1.42. The summed E-state index contributed by atoms with van der Waals surface area (Å²) in [6.07, 6.45) is 2.19. The molecule has 0 aliphatic rings. The minimum Gasteiger partial charge on any atom is -0.385 e. The van der Waals surface area contributed by atoms with Gasteiger partial charge in [0.25, 0.3) is 11.8 Å². The molecule has 0 atom stereocenters. The van der Waals surface area contributed by atoms with Gasteiger partial charge in [0.05, 0.1) is 0 Å². The number of carbonyl (C=O) groups excluding carboxylic acids is 2. The fourth-order valence-electron chi connectivity index (χ4n) is 2.16. The number of para-hydroxylation sites is 1. The van der Waals surface area contributed by atoms with Gasteiger partial charge < -0.3 is 15.0 Å². The first-order valence-electron chi connectivity index (χ1n) is 7.70. The maximum Gasteiger partial charge on any atom is 0.269 e. The van der Waals surface area contributed by atoms with E-state index >= 15 is 0 Å². The number of anilines is 1. The second kappa shape index (κ2) is 8.79. The Labute approximate surface area is 141 Å². The highest BCUT2D eigenvalue weighted by molar-refractivity contribution is 6.06. The second-order valence-electron chi connectivity index (χ2n) is 5.23. The molecule has 2 aromatic rings. The lowest BCUT2D eigenvalue weighted by Gasteiger charge is -2.17. The van der Waals surface area contributed by atoms with Crippen LogP contribution in [0.1, 0.15) is 27.3 Å². The molecule has 0 fully saturated rings. The second-order valence-corrected chi connectivity index (χ2v) is 5.23. The number of nitrogens with one attached hydrogen (secondary N) is 1. The smallest absolute Gasteiger partial charge is 0.269 e. The van der Waals surface area contributed by atoms with E-state index in [1.807, 2.05) is 30.3 Å². The normalized spacial score (nSPS) is 10.2. The van der Waals surface area contributed by atoms with Crippen molar-refractivity contribution in [1.29, 1.82) is 0 Å². The summed E-state index contributed by atoms with van der Waals surface area (Å²) in [6.45, 7) is 1.07. The summed E-state index contributed by atoms with van der Waals surface area (Å²) in [6, 6.07) is 12.4. The Kier molecular flexibility index (Phi) is 6.45. The number of pyridine rings is 1. The number of nitrogens with zero attached hydrogens (tertiary/aromatic N) is 2. The van der Waals surface area contributed by atoms with Crippen molar-refractivity contribution in [2.75, 3.05) is 32.2 Å². The fourth-order valence-corrected chi connectivity index (χ4v) is 2.16. The van der Waals surface area contributed by atoms with Crippen molar-refractivity contribution >= 4 is 17.5 Å². The van der Waals surface area contributed by atoms with Crippen molar-refractivity contribution in [1.82, 2.24) is 10.3 Å². The molecule has 6 heteroatoms. The van der Waals surface area contributed by atoms with Crippen molar-refractivity contribution in [2.24, 2.45) is 0 Å². The minimum absolute atomic E-state index is 0.197. The third-order valence-corrected chi connectivity index (χ3v) is 3.50. The number of benzene rings is 1. The van der Waals surface area contributed by atoms with Crippen molar-refractivity contribution in [3.63, 3.8) is 0 Å². The Morgan fingerprint density at radius 2 is 1.96 bits per heavy atom. The van der Waals surface area contributed by atoms with Gasteiger partial charge in [-0.3, -0.25) is 14.6 Å². The molecule has 0 radical (unpaired) electrons. The highest BCUT2D eigenvalue weighted by Crippen LogP contribution is 2.15. The lowest BCUT2D eigenvalue weighted by Crippen LogP contribution is -2.28. The third kappa shape index (κ3) is 4.63. The standard InChI is InChI=1S/C18H21N3O3/c1-21(15-7-4-3-5-8-15)18(23)14-9-11-19-16(13-14)17(22)20-10-6-12-24-2/h3-5,7-9,11,13H,6,10,12H2,1-2H3,(H,20,22). The van der Waals surface area contributed by atoms with Crippen LogP contribution in [0.15, 0.2) is 48.7 Å². The molecule has 6 nitrogen and oxygen atoms in total. The van der Waals surface area contributed by atoms with Crippen LogP contribution in [-0.4, -0.2) is 44.1 Å². The van der Waals surface area contributed by atoms with Gasteiger partial charge in [0.1, 0.15) is 5.69 Å². The molecule has 2 amide bonds. The van der Waals surface area contributed by atoms with Gasteiger partial charge in [0.2, 0.25) is 0 Å². The molecule has 0 saturated heterocycles. The molecule has 126 valence electrons. The average Bonchev–Trinajstić information content (AvgIpc) is 2.64. The van der Waals surface area contributed by atoms with E-state index in [0.717, 1.165) is 12.1 Å². The summed E-state index contributed by atoms with van der Waals surface area (Å²) < 4.78 is 4.93. The SMILES string of the molecule is COCCCNC(=O)c1cc(C(=O)N(C)c2ccccc2)ccn1. The lowest BCUT2D eigenvalue weighted by molar-refractivity contribution is 0.0943. The summed E-state index contributed by atoms with van der Waals surface area (Å²) in [5, 5.41) is 2.75. The van der Waals surface area contributed by atoms with Crippen molar-refractivity contribution in [3.8, 4) is 0 Å². The zero-order chi connectivity index (χ0) is 17.4. The molecular formula is C18H21N3O3. The fraction of sp³-hybridized carbons (Fsp3) is 0.278. The largest absolute Gasteiger partial charge is 0.385 e. The van der Waals surface area contributed by atoms with E-state index in [4.69, 9.17) is 4.74 Å². The first kappa shape index (κ1) is 17.6. The van der Waals surface area contributed by atoms with Crippen LogP contribution in [0, 0.1) is 0 Å². The van der Waals surface area contributed by atoms with E-state index in [1.54, 1.807) is 20.2 Å². The van der Waals surface area contributed by atoms with Crippen LogP contribution in [0.4, 0.5) is 5.69 Å².